The second-order valence-electron chi connectivity index (χ2n) is 6.33. The van der Waals surface area contributed by atoms with Gasteiger partial charge in [-0.3, -0.25) is 9.69 Å². The van der Waals surface area contributed by atoms with Crippen LogP contribution in [-0.4, -0.2) is 49.4 Å². The maximum absolute atomic E-state index is 13.8. The van der Waals surface area contributed by atoms with Gasteiger partial charge in [0.2, 0.25) is 5.91 Å². The molecule has 0 saturated carbocycles. The van der Waals surface area contributed by atoms with Crippen molar-refractivity contribution in [2.24, 2.45) is 0 Å². The second kappa shape index (κ2) is 6.57. The van der Waals surface area contributed by atoms with E-state index in [0.29, 0.717) is 18.5 Å². The molecule has 1 amide bonds. The van der Waals surface area contributed by atoms with Crippen molar-refractivity contribution in [3.05, 3.63) is 35.6 Å². The first-order chi connectivity index (χ1) is 10.9. The molecule has 5 nitrogen and oxygen atoms in total. The molecule has 1 aromatic rings. The fourth-order valence-corrected chi connectivity index (χ4v) is 5.04. The topological polar surface area (TPSA) is 66.5 Å². The number of carbonyl (C=O) groups excluding carboxylic acids is 1. The summed E-state index contributed by atoms with van der Waals surface area (Å²) in [4.78, 5) is 14.4. The lowest BCUT2D eigenvalue weighted by molar-refractivity contribution is -0.126. The van der Waals surface area contributed by atoms with Crippen LogP contribution in [0.2, 0.25) is 0 Å². The Morgan fingerprint density at radius 3 is 2.78 bits per heavy atom. The number of likely N-dealkylation sites (tertiary alicyclic amines) is 1. The molecule has 0 aromatic heterocycles. The summed E-state index contributed by atoms with van der Waals surface area (Å²) < 4.78 is 36.8. The molecular weight excluding hydrogens is 319 g/mol. The summed E-state index contributed by atoms with van der Waals surface area (Å²) >= 11 is 0. The van der Waals surface area contributed by atoms with Crippen LogP contribution in [0.5, 0.6) is 0 Å². The lowest BCUT2D eigenvalue weighted by atomic mass is 10.1. The minimum Gasteiger partial charge on any atom is -0.351 e. The van der Waals surface area contributed by atoms with Crippen LogP contribution in [0.3, 0.4) is 0 Å². The smallest absolute Gasteiger partial charge is 0.237 e. The molecule has 0 radical (unpaired) electrons. The predicted octanol–water partition coefficient (Wildman–Crippen LogP) is 1.09. The van der Waals surface area contributed by atoms with Gasteiger partial charge in [0.25, 0.3) is 0 Å². The van der Waals surface area contributed by atoms with Gasteiger partial charge in [-0.2, -0.15) is 0 Å². The predicted molar refractivity (Wildman–Crippen MR) is 85.0 cm³/mol. The molecule has 0 aliphatic carbocycles. The number of sulfone groups is 1. The van der Waals surface area contributed by atoms with Gasteiger partial charge in [-0.25, -0.2) is 12.8 Å². The summed E-state index contributed by atoms with van der Waals surface area (Å²) in [6.07, 6.45) is 2.09. The Bertz CT molecular complexity index is 692. The average Bonchev–Trinajstić information content (AvgIpc) is 3.08. The number of halogens is 1. The van der Waals surface area contributed by atoms with Crippen LogP contribution >= 0.6 is 0 Å². The van der Waals surface area contributed by atoms with Crippen LogP contribution in [0, 0.1) is 5.82 Å². The van der Waals surface area contributed by atoms with Gasteiger partial charge in [0.15, 0.2) is 9.84 Å². The molecule has 23 heavy (non-hydrogen) atoms. The quantitative estimate of drug-likeness (QED) is 0.891. The first-order valence-corrected chi connectivity index (χ1v) is 9.75. The molecule has 2 fully saturated rings. The molecule has 126 valence electrons. The first-order valence-electron chi connectivity index (χ1n) is 7.93. The molecule has 7 heteroatoms. The lowest BCUT2D eigenvalue weighted by Gasteiger charge is -2.25. The van der Waals surface area contributed by atoms with Gasteiger partial charge >= 0.3 is 0 Å². The maximum Gasteiger partial charge on any atom is 0.237 e. The third kappa shape index (κ3) is 3.90. The van der Waals surface area contributed by atoms with E-state index in [-0.39, 0.29) is 35.3 Å². The third-order valence-electron chi connectivity index (χ3n) is 4.58. The van der Waals surface area contributed by atoms with E-state index in [1.54, 1.807) is 18.2 Å². The average molecular weight is 340 g/mol. The van der Waals surface area contributed by atoms with Gasteiger partial charge in [-0.05, 0) is 31.9 Å². The molecule has 2 unspecified atom stereocenters. The number of nitrogens with zero attached hydrogens (tertiary/aromatic N) is 1. The minimum atomic E-state index is -3.01. The Balaban J connectivity index is 1.62. The van der Waals surface area contributed by atoms with Crippen LogP contribution in [0.25, 0.3) is 0 Å². The summed E-state index contributed by atoms with van der Waals surface area (Å²) in [5.41, 5.74) is 0.579. The highest BCUT2D eigenvalue weighted by Gasteiger charge is 2.35. The summed E-state index contributed by atoms with van der Waals surface area (Å²) in [6.45, 7) is 1.14. The molecular formula is C16H21FN2O3S. The Morgan fingerprint density at radius 2 is 2.09 bits per heavy atom. The standard InChI is InChI=1S/C16H21FN2O3S/c17-14-5-2-1-4-12(14)10-19-8-3-6-15(19)16(20)18-13-7-9-23(21,22)11-13/h1-2,4-5,13,15H,3,6-11H2,(H,18,20). The monoisotopic (exact) mass is 340 g/mol. The highest BCUT2D eigenvalue weighted by atomic mass is 32.2. The minimum absolute atomic E-state index is 0.0266. The largest absolute Gasteiger partial charge is 0.351 e. The molecule has 1 N–H and O–H groups in total. The molecule has 3 rings (SSSR count). The highest BCUT2D eigenvalue weighted by Crippen LogP contribution is 2.22. The van der Waals surface area contributed by atoms with Crippen molar-refractivity contribution < 1.29 is 17.6 Å². The van der Waals surface area contributed by atoms with Gasteiger partial charge in [-0.15, -0.1) is 0 Å². The van der Waals surface area contributed by atoms with Crippen molar-refractivity contribution in [2.75, 3.05) is 18.1 Å². The molecule has 2 heterocycles. The number of hydrogen-bond donors (Lipinski definition) is 1. The fourth-order valence-electron chi connectivity index (χ4n) is 3.36. The SMILES string of the molecule is O=C(NC1CCS(=O)(=O)C1)C1CCCN1Cc1ccccc1F. The van der Waals surface area contributed by atoms with E-state index in [2.05, 4.69) is 5.32 Å². The van der Waals surface area contributed by atoms with Crippen LogP contribution in [0.1, 0.15) is 24.8 Å². The van der Waals surface area contributed by atoms with E-state index in [4.69, 9.17) is 0 Å². The number of benzene rings is 1. The van der Waals surface area contributed by atoms with Crippen molar-refractivity contribution in [3.8, 4) is 0 Å². The number of rotatable bonds is 4. The Labute approximate surface area is 135 Å². The van der Waals surface area contributed by atoms with E-state index < -0.39 is 9.84 Å². The molecule has 0 spiro atoms. The molecule has 2 aliphatic heterocycles. The van der Waals surface area contributed by atoms with Gasteiger partial charge < -0.3 is 5.32 Å². The second-order valence-corrected chi connectivity index (χ2v) is 8.56. The van der Waals surface area contributed by atoms with Gasteiger partial charge in [-0.1, -0.05) is 18.2 Å². The van der Waals surface area contributed by atoms with Crippen molar-refractivity contribution >= 4 is 15.7 Å². The maximum atomic E-state index is 13.8. The Hall–Kier alpha value is -1.47. The van der Waals surface area contributed by atoms with E-state index >= 15 is 0 Å². The Morgan fingerprint density at radius 1 is 1.30 bits per heavy atom. The molecule has 0 bridgehead atoms. The first kappa shape index (κ1) is 16.4. The van der Waals surface area contributed by atoms with Crippen LogP contribution in [0.15, 0.2) is 24.3 Å². The number of amides is 1. The van der Waals surface area contributed by atoms with Crippen molar-refractivity contribution in [3.63, 3.8) is 0 Å². The van der Waals surface area contributed by atoms with Crippen LogP contribution < -0.4 is 5.32 Å². The van der Waals surface area contributed by atoms with Crippen molar-refractivity contribution in [2.45, 2.75) is 37.9 Å². The summed E-state index contributed by atoms with van der Waals surface area (Å²) in [5, 5.41) is 2.85. The van der Waals surface area contributed by atoms with Crippen molar-refractivity contribution in [1.29, 1.82) is 0 Å². The highest BCUT2D eigenvalue weighted by molar-refractivity contribution is 7.91. The van der Waals surface area contributed by atoms with Gasteiger partial charge in [0.05, 0.1) is 17.5 Å². The number of carbonyl (C=O) groups is 1. The zero-order chi connectivity index (χ0) is 16.4. The van der Waals surface area contributed by atoms with Gasteiger partial charge in [0, 0.05) is 18.2 Å². The van der Waals surface area contributed by atoms with E-state index in [9.17, 15) is 17.6 Å². The van der Waals surface area contributed by atoms with Crippen LogP contribution in [-0.2, 0) is 21.2 Å². The molecule has 2 atom stereocenters. The lowest BCUT2D eigenvalue weighted by Crippen LogP contribution is -2.47. The fraction of sp³-hybridized carbons (Fsp3) is 0.562. The third-order valence-corrected chi connectivity index (χ3v) is 6.34. The van der Waals surface area contributed by atoms with E-state index in [1.165, 1.54) is 6.07 Å². The van der Waals surface area contributed by atoms with Crippen LogP contribution in [0.4, 0.5) is 4.39 Å². The van der Waals surface area contributed by atoms with Gasteiger partial charge in [0.1, 0.15) is 5.82 Å². The van der Waals surface area contributed by atoms with E-state index in [0.717, 1.165) is 19.4 Å². The van der Waals surface area contributed by atoms with E-state index in [1.807, 2.05) is 4.90 Å². The summed E-state index contributed by atoms with van der Waals surface area (Å²) in [7, 11) is -3.01. The number of nitrogens with one attached hydrogen (secondary N) is 1. The molecule has 1 aromatic carbocycles. The Kier molecular flexibility index (Phi) is 4.68. The normalized spacial score (nSPS) is 27.2. The number of hydrogen-bond acceptors (Lipinski definition) is 4. The molecule has 2 saturated heterocycles. The summed E-state index contributed by atoms with van der Waals surface area (Å²) in [6, 6.07) is 5.98. The summed E-state index contributed by atoms with van der Waals surface area (Å²) in [5.74, 6) is -0.235. The zero-order valence-electron chi connectivity index (χ0n) is 12.9. The molecule has 2 aliphatic rings. The van der Waals surface area contributed by atoms with Crippen molar-refractivity contribution in [1.82, 2.24) is 10.2 Å². The zero-order valence-corrected chi connectivity index (χ0v) is 13.7.